The van der Waals surface area contributed by atoms with Gasteiger partial charge in [-0.2, -0.15) is 4.98 Å². The number of nitrogens with one attached hydrogen (secondary N) is 1. The first-order valence-corrected chi connectivity index (χ1v) is 12.9. The van der Waals surface area contributed by atoms with Crippen LogP contribution in [-0.2, 0) is 13.9 Å². The molecule has 2 rings (SSSR count). The van der Waals surface area contributed by atoms with Crippen molar-refractivity contribution in [3.63, 3.8) is 0 Å². The number of rotatable bonds is 7. The number of amides is 1. The molecule has 1 saturated heterocycles. The summed E-state index contributed by atoms with van der Waals surface area (Å²) < 4.78 is 17.8. The molecule has 1 aromatic heterocycles. The van der Waals surface area contributed by atoms with Crippen molar-refractivity contribution in [2.45, 2.75) is 69.9 Å². The Kier molecular flexibility index (Phi) is 7.49. The third-order valence-electron chi connectivity index (χ3n) is 5.81. The van der Waals surface area contributed by atoms with Gasteiger partial charge in [0.25, 0.3) is 0 Å². The zero-order valence-electron chi connectivity index (χ0n) is 18.9. The fourth-order valence-corrected chi connectivity index (χ4v) is 3.83. The van der Waals surface area contributed by atoms with Gasteiger partial charge in [-0.1, -0.05) is 33.4 Å². The second-order valence-corrected chi connectivity index (χ2v) is 14.1. The first-order valence-electron chi connectivity index (χ1n) is 10.0. The van der Waals surface area contributed by atoms with Crippen LogP contribution in [0.1, 0.15) is 33.9 Å². The Balaban J connectivity index is 2.16. The minimum Gasteiger partial charge on any atom is -0.445 e. The second kappa shape index (κ2) is 9.21. The maximum absolute atomic E-state index is 12.5. The van der Waals surface area contributed by atoms with Gasteiger partial charge in [-0.05, 0) is 31.1 Å². The van der Waals surface area contributed by atoms with Crippen molar-refractivity contribution in [1.29, 1.82) is 0 Å². The summed E-state index contributed by atoms with van der Waals surface area (Å²) in [6, 6.07) is 1.36. The number of aromatic nitrogens is 2. The lowest BCUT2D eigenvalue weighted by atomic mass is 9.96. The average molecular weight is 456 g/mol. The predicted molar refractivity (Wildman–Crippen MR) is 117 cm³/mol. The van der Waals surface area contributed by atoms with Gasteiger partial charge in [-0.3, -0.25) is 9.88 Å². The van der Waals surface area contributed by atoms with Gasteiger partial charge in [0.2, 0.25) is 0 Å². The standard InChI is InChI=1S/C20H33N3O7Si/c1-8-11-28-18(26)22-14-9-10-23(17(25)21-14)16-20(5,27)15(24)13(30-16)12-29-31(6,7)19(2,3)4/h8-10,13,15-16,24,27H,1,11-12H2,2-7H3,(H,21,22,25,26)/t13-,15-,16-,20-/m1/s1. The number of carbonyl (C=O) groups excluding carboxylic acids is 1. The SMILES string of the molecule is C=CCOC(=O)Nc1ccn([C@@H]2O[C@H](CO[Si](C)(C)C(C)(C)C)[C@@H](O)[C@@]2(C)O)c(=O)n1. The Hall–Kier alpha value is -2.05. The van der Waals surface area contributed by atoms with Crippen LogP contribution < -0.4 is 11.0 Å². The summed E-state index contributed by atoms with van der Waals surface area (Å²) in [6.07, 6.45) is -1.35. The Labute approximate surface area is 183 Å². The maximum Gasteiger partial charge on any atom is 0.413 e. The van der Waals surface area contributed by atoms with E-state index >= 15 is 0 Å². The first-order chi connectivity index (χ1) is 14.2. The van der Waals surface area contributed by atoms with Gasteiger partial charge in [0.1, 0.15) is 30.2 Å². The van der Waals surface area contributed by atoms with E-state index in [0.29, 0.717) is 0 Å². The highest BCUT2D eigenvalue weighted by molar-refractivity contribution is 6.74. The van der Waals surface area contributed by atoms with Crippen LogP contribution in [0, 0.1) is 0 Å². The minimum atomic E-state index is -2.11. The third-order valence-corrected chi connectivity index (χ3v) is 10.3. The van der Waals surface area contributed by atoms with E-state index in [9.17, 15) is 19.8 Å². The molecule has 174 valence electrons. The van der Waals surface area contributed by atoms with Crippen LogP contribution in [0.15, 0.2) is 29.7 Å². The molecule has 0 aromatic carbocycles. The molecule has 3 N–H and O–H groups in total. The van der Waals surface area contributed by atoms with Crippen LogP contribution in [0.5, 0.6) is 0 Å². The van der Waals surface area contributed by atoms with E-state index in [2.05, 4.69) is 50.7 Å². The van der Waals surface area contributed by atoms with Crippen molar-refractivity contribution in [3.8, 4) is 0 Å². The van der Waals surface area contributed by atoms with E-state index in [1.165, 1.54) is 25.3 Å². The van der Waals surface area contributed by atoms with Crippen LogP contribution in [0.3, 0.4) is 0 Å². The van der Waals surface area contributed by atoms with Crippen molar-refractivity contribution >= 4 is 20.2 Å². The van der Waals surface area contributed by atoms with Gasteiger partial charge in [0, 0.05) is 6.20 Å². The summed E-state index contributed by atoms with van der Waals surface area (Å²) in [5, 5.41) is 23.8. The lowest BCUT2D eigenvalue weighted by Gasteiger charge is -2.37. The molecular formula is C20H33N3O7Si. The normalized spacial score (nSPS) is 26.5. The van der Waals surface area contributed by atoms with Crippen molar-refractivity contribution < 1.29 is 28.9 Å². The number of ether oxygens (including phenoxy) is 2. The van der Waals surface area contributed by atoms with Crippen LogP contribution in [0.4, 0.5) is 10.6 Å². The van der Waals surface area contributed by atoms with Gasteiger partial charge in [0.05, 0.1) is 6.61 Å². The predicted octanol–water partition coefficient (Wildman–Crippen LogP) is 2.01. The largest absolute Gasteiger partial charge is 0.445 e. The van der Waals surface area contributed by atoms with Crippen LogP contribution >= 0.6 is 0 Å². The van der Waals surface area contributed by atoms with Crippen molar-refractivity contribution in [3.05, 3.63) is 35.4 Å². The van der Waals surface area contributed by atoms with E-state index in [4.69, 9.17) is 13.9 Å². The molecule has 0 saturated carbocycles. The quantitative estimate of drug-likeness (QED) is 0.420. The third kappa shape index (κ3) is 5.60. The molecule has 0 aliphatic carbocycles. The summed E-state index contributed by atoms with van der Waals surface area (Å²) in [7, 11) is -2.11. The molecule has 11 heteroatoms. The number of carbonyl (C=O) groups is 1. The highest BCUT2D eigenvalue weighted by Gasteiger charge is 2.54. The molecule has 1 aliphatic heterocycles. The van der Waals surface area contributed by atoms with Gasteiger partial charge in [-0.15, -0.1) is 0 Å². The summed E-state index contributed by atoms with van der Waals surface area (Å²) in [5.41, 5.74) is -2.53. The van der Waals surface area contributed by atoms with E-state index in [1.807, 2.05) is 0 Å². The highest BCUT2D eigenvalue weighted by Crippen LogP contribution is 2.40. The molecule has 1 aliphatic rings. The Morgan fingerprint density at radius 2 is 2.13 bits per heavy atom. The summed E-state index contributed by atoms with van der Waals surface area (Å²) in [4.78, 5) is 27.9. The number of hydrogen-bond donors (Lipinski definition) is 3. The van der Waals surface area contributed by atoms with Gasteiger partial charge in [0.15, 0.2) is 14.5 Å². The molecule has 1 fully saturated rings. The van der Waals surface area contributed by atoms with Crippen molar-refractivity contribution in [1.82, 2.24) is 9.55 Å². The fraction of sp³-hybridized carbons (Fsp3) is 0.650. The number of aliphatic hydroxyl groups is 2. The Morgan fingerprint density at radius 1 is 1.48 bits per heavy atom. The topological polar surface area (TPSA) is 132 Å². The van der Waals surface area contributed by atoms with Crippen molar-refractivity contribution in [2.24, 2.45) is 0 Å². The molecule has 2 heterocycles. The van der Waals surface area contributed by atoms with E-state index < -0.39 is 44.1 Å². The van der Waals surface area contributed by atoms with Crippen molar-refractivity contribution in [2.75, 3.05) is 18.5 Å². The number of anilines is 1. The molecular weight excluding hydrogens is 422 g/mol. The monoisotopic (exact) mass is 455 g/mol. The molecule has 0 unspecified atom stereocenters. The summed E-state index contributed by atoms with van der Waals surface area (Å²) in [6.45, 7) is 15.4. The van der Waals surface area contributed by atoms with E-state index in [1.54, 1.807) is 0 Å². The number of hydrogen-bond acceptors (Lipinski definition) is 8. The van der Waals surface area contributed by atoms with E-state index in [0.717, 1.165) is 4.57 Å². The molecule has 31 heavy (non-hydrogen) atoms. The van der Waals surface area contributed by atoms with Gasteiger partial charge in [-0.25, -0.2) is 9.59 Å². The lowest BCUT2D eigenvalue weighted by molar-refractivity contribution is -0.0985. The van der Waals surface area contributed by atoms with Gasteiger partial charge >= 0.3 is 11.8 Å². The molecule has 1 amide bonds. The molecule has 0 spiro atoms. The molecule has 10 nitrogen and oxygen atoms in total. The van der Waals surface area contributed by atoms with Crippen LogP contribution in [-0.4, -0.2) is 65.2 Å². The Morgan fingerprint density at radius 3 is 2.68 bits per heavy atom. The number of nitrogens with zero attached hydrogens (tertiary/aromatic N) is 2. The molecule has 1 aromatic rings. The molecule has 4 atom stereocenters. The summed E-state index contributed by atoms with van der Waals surface area (Å²) >= 11 is 0. The average Bonchev–Trinajstić information content (AvgIpc) is 2.87. The number of aliphatic hydroxyl groups excluding tert-OH is 1. The minimum absolute atomic E-state index is 0.0118. The van der Waals surface area contributed by atoms with E-state index in [-0.39, 0.29) is 24.1 Å². The van der Waals surface area contributed by atoms with Gasteiger partial charge < -0.3 is 24.1 Å². The molecule has 0 radical (unpaired) electrons. The molecule has 0 bridgehead atoms. The second-order valence-electron chi connectivity index (χ2n) is 9.28. The highest BCUT2D eigenvalue weighted by atomic mass is 28.4. The van der Waals surface area contributed by atoms with Crippen LogP contribution in [0.2, 0.25) is 18.1 Å². The maximum atomic E-state index is 12.5. The first kappa shape index (κ1) is 25.2. The summed E-state index contributed by atoms with van der Waals surface area (Å²) in [5.74, 6) is -0.0219. The lowest BCUT2D eigenvalue weighted by Crippen LogP contribution is -2.48. The Bertz CT molecular complexity index is 863. The zero-order chi connectivity index (χ0) is 23.6. The smallest absolute Gasteiger partial charge is 0.413 e. The zero-order valence-corrected chi connectivity index (χ0v) is 19.9. The fourth-order valence-electron chi connectivity index (χ4n) is 2.82. The van der Waals surface area contributed by atoms with Crippen LogP contribution in [0.25, 0.3) is 0 Å².